The van der Waals surface area contributed by atoms with Crippen LogP contribution in [0.4, 0.5) is 0 Å². The third-order valence-corrected chi connectivity index (χ3v) is 2.96. The van der Waals surface area contributed by atoms with Gasteiger partial charge in [0, 0.05) is 22.1 Å². The largest absolute Gasteiger partial charge is 0.478 e. The molecule has 0 radical (unpaired) electrons. The first-order valence-corrected chi connectivity index (χ1v) is 10.2. The van der Waals surface area contributed by atoms with Gasteiger partial charge in [0.05, 0.1) is 19.8 Å². The van der Waals surface area contributed by atoms with Crippen molar-refractivity contribution in [3.63, 3.8) is 0 Å². The molecule has 0 rings (SSSR count). The lowest BCUT2D eigenvalue weighted by Crippen LogP contribution is -2.29. The maximum absolute atomic E-state index is 9.82. The number of carbonyl (C=O) groups excluding carboxylic acids is 1. The van der Waals surface area contributed by atoms with E-state index < -0.39 is 46.3 Å². The molecule has 0 aromatic carbocycles. The molecular weight excluding hydrogens is 500 g/mol. The molecule has 206 valence electrons. The Morgan fingerprint density at radius 1 is 0.714 bits per heavy atom. The summed E-state index contributed by atoms with van der Waals surface area (Å²) in [5.74, 6) is -4.22. The van der Waals surface area contributed by atoms with Crippen LogP contribution in [0.3, 0.4) is 0 Å². The van der Waals surface area contributed by atoms with Crippen LogP contribution in [0, 0.1) is 5.41 Å². The predicted octanol–water partition coefficient (Wildman–Crippen LogP) is -0.764. The summed E-state index contributed by atoms with van der Waals surface area (Å²) in [6.07, 6.45) is 0. The van der Waals surface area contributed by atoms with Gasteiger partial charge in [-0.25, -0.2) is 19.2 Å². The topological polar surface area (TPSA) is 273 Å². The summed E-state index contributed by atoms with van der Waals surface area (Å²) < 4.78 is 30.2. The van der Waals surface area contributed by atoms with Crippen LogP contribution in [-0.2, 0) is 33.8 Å². The van der Waals surface area contributed by atoms with Crippen LogP contribution in [0.2, 0.25) is 0 Å². The van der Waals surface area contributed by atoms with Gasteiger partial charge in [-0.2, -0.15) is 8.42 Å². The first-order chi connectivity index (χ1) is 15.6. The molecule has 8 N–H and O–H groups in total. The fourth-order valence-corrected chi connectivity index (χ4v) is 0.581. The molecule has 0 saturated heterocycles. The van der Waals surface area contributed by atoms with Gasteiger partial charge < -0.3 is 39.9 Å². The van der Waals surface area contributed by atoms with Crippen molar-refractivity contribution in [3.05, 3.63) is 36.5 Å². The molecule has 0 spiro atoms. The molecule has 16 heteroatoms. The van der Waals surface area contributed by atoms with Gasteiger partial charge in [0.2, 0.25) is 0 Å². The zero-order valence-corrected chi connectivity index (χ0v) is 20.6. The van der Waals surface area contributed by atoms with Gasteiger partial charge in [-0.05, 0) is 20.8 Å². The van der Waals surface area contributed by atoms with Crippen molar-refractivity contribution in [1.29, 1.82) is 0 Å². The van der Waals surface area contributed by atoms with Crippen LogP contribution < -0.4 is 0 Å². The summed E-state index contributed by atoms with van der Waals surface area (Å²) in [4.78, 5) is 38.6. The van der Waals surface area contributed by atoms with Gasteiger partial charge >= 0.3 is 34.3 Å². The van der Waals surface area contributed by atoms with E-state index in [9.17, 15) is 27.6 Å². The van der Waals surface area contributed by atoms with Gasteiger partial charge in [0.25, 0.3) is 0 Å². The molecule has 0 aromatic rings. The van der Waals surface area contributed by atoms with Gasteiger partial charge in [0.1, 0.15) is 6.61 Å². The van der Waals surface area contributed by atoms with E-state index in [2.05, 4.69) is 23.9 Å². The summed E-state index contributed by atoms with van der Waals surface area (Å²) >= 11 is 0. The maximum atomic E-state index is 9.82. The minimum Gasteiger partial charge on any atom is -0.478 e. The lowest BCUT2D eigenvalue weighted by molar-refractivity contribution is -0.137. The Balaban J connectivity index is -0.000000108. The molecule has 0 amide bonds. The summed E-state index contributed by atoms with van der Waals surface area (Å²) in [6, 6.07) is 0. The highest BCUT2D eigenvalue weighted by molar-refractivity contribution is 7.81. The third-order valence-electron chi connectivity index (χ3n) is 2.57. The first kappa shape index (κ1) is 42.0. The standard InChI is InChI=1S/C5H12O3.3C4H6O2.C2H4O6S/c1-5(2-6,3-7)4-8;3*1-3(2)4(5)6;3-1-2(4)8-9(5,6)7/h6-8H,2-4H2,1H3;3*1H2,2H3,(H,5,6);3H,1H2,(H,5,6,7). The van der Waals surface area contributed by atoms with Crippen molar-refractivity contribution in [2.75, 3.05) is 26.4 Å². The molecule has 0 aliphatic carbocycles. The molecular formula is C19H34O15S. The highest BCUT2D eigenvalue weighted by Gasteiger charge is 2.20. The number of hydrogen-bond donors (Lipinski definition) is 8. The SMILES string of the molecule is C=C(C)C(=O)O.C=C(C)C(=O)O.C=C(C)C(=O)O.CC(CO)(CO)CO.O=C(CO)OS(=O)(=O)O. The highest BCUT2D eigenvalue weighted by atomic mass is 32.3. The van der Waals surface area contributed by atoms with E-state index in [0.717, 1.165) is 0 Å². The highest BCUT2D eigenvalue weighted by Crippen LogP contribution is 2.10. The number of hydrogen-bond acceptors (Lipinski definition) is 11. The van der Waals surface area contributed by atoms with E-state index in [-0.39, 0.29) is 36.5 Å². The number of rotatable bonds is 8. The first-order valence-electron chi connectivity index (χ1n) is 8.86. The van der Waals surface area contributed by atoms with Crippen LogP contribution in [0.1, 0.15) is 27.7 Å². The zero-order valence-electron chi connectivity index (χ0n) is 19.8. The van der Waals surface area contributed by atoms with Crippen molar-refractivity contribution >= 4 is 34.3 Å². The van der Waals surface area contributed by atoms with Crippen molar-refractivity contribution in [2.45, 2.75) is 27.7 Å². The predicted molar refractivity (Wildman–Crippen MR) is 121 cm³/mol. The number of aliphatic carboxylic acids is 3. The minimum absolute atomic E-state index is 0.176. The third kappa shape index (κ3) is 41.6. The quantitative estimate of drug-likeness (QED) is 0.140. The average Bonchev–Trinajstić information content (AvgIpc) is 2.73. The zero-order chi connectivity index (χ0) is 29.6. The fraction of sp³-hybridized carbons (Fsp3) is 0.474. The minimum atomic E-state index is -4.74. The number of carboxylic acid groups (broad SMARTS) is 3. The summed E-state index contributed by atoms with van der Waals surface area (Å²) in [6.45, 7) is 13.8. The van der Waals surface area contributed by atoms with Crippen molar-refractivity contribution < 1.29 is 72.1 Å². The Labute approximate surface area is 202 Å². The molecule has 0 aliphatic heterocycles. The molecule has 0 unspecified atom stereocenters. The van der Waals surface area contributed by atoms with Crippen LogP contribution in [-0.4, -0.2) is 99.0 Å². The summed E-state index contributed by atoms with van der Waals surface area (Å²) in [7, 11) is -4.74. The normalized spacial score (nSPS) is 9.40. The number of aliphatic hydroxyl groups is 4. The Hall–Kier alpha value is -3.15. The van der Waals surface area contributed by atoms with E-state index in [1.807, 2.05) is 0 Å². The van der Waals surface area contributed by atoms with E-state index in [1.54, 1.807) is 6.92 Å². The van der Waals surface area contributed by atoms with E-state index in [0.29, 0.717) is 0 Å². The van der Waals surface area contributed by atoms with Crippen LogP contribution in [0.5, 0.6) is 0 Å². The second kappa shape index (κ2) is 22.6. The molecule has 0 aromatic heterocycles. The van der Waals surface area contributed by atoms with Gasteiger partial charge in [-0.15, -0.1) is 0 Å². The van der Waals surface area contributed by atoms with Gasteiger partial charge in [-0.1, -0.05) is 26.7 Å². The second-order valence-electron chi connectivity index (χ2n) is 6.58. The van der Waals surface area contributed by atoms with Gasteiger partial charge in [0.15, 0.2) is 0 Å². The van der Waals surface area contributed by atoms with Crippen LogP contribution in [0.25, 0.3) is 0 Å². The summed E-state index contributed by atoms with van der Waals surface area (Å²) in [5.41, 5.74) is -0.181. The lowest BCUT2D eigenvalue weighted by Gasteiger charge is -2.20. The molecule has 0 bridgehead atoms. The average molecular weight is 535 g/mol. The molecule has 0 fully saturated rings. The fourth-order valence-electron chi connectivity index (χ4n) is 0.294. The Bertz CT molecular complexity index is 707. The molecule has 0 atom stereocenters. The number of carbonyl (C=O) groups is 4. The van der Waals surface area contributed by atoms with Gasteiger partial charge in [-0.3, -0.25) is 4.55 Å². The molecule has 0 aliphatic rings. The Morgan fingerprint density at radius 2 is 0.914 bits per heavy atom. The summed E-state index contributed by atoms with van der Waals surface area (Å²) in [5, 5.41) is 56.9. The van der Waals surface area contributed by atoms with E-state index in [1.165, 1.54) is 20.8 Å². The number of carboxylic acids is 3. The molecule has 35 heavy (non-hydrogen) atoms. The lowest BCUT2D eigenvalue weighted by atomic mass is 9.95. The second-order valence-corrected chi connectivity index (χ2v) is 7.60. The van der Waals surface area contributed by atoms with Crippen molar-refractivity contribution in [3.8, 4) is 0 Å². The van der Waals surface area contributed by atoms with Crippen LogP contribution in [0.15, 0.2) is 36.5 Å². The van der Waals surface area contributed by atoms with E-state index >= 15 is 0 Å². The monoisotopic (exact) mass is 534 g/mol. The maximum Gasteiger partial charge on any atom is 0.449 e. The molecule has 15 nitrogen and oxygen atoms in total. The number of aliphatic hydroxyl groups excluding tert-OH is 4. The Kier molecular flexibility index (Phi) is 27.2. The van der Waals surface area contributed by atoms with Crippen molar-refractivity contribution in [2.24, 2.45) is 5.41 Å². The molecule has 0 saturated carbocycles. The van der Waals surface area contributed by atoms with E-state index in [4.69, 9.17) is 40.3 Å². The Morgan fingerprint density at radius 3 is 0.943 bits per heavy atom. The smallest absolute Gasteiger partial charge is 0.449 e. The van der Waals surface area contributed by atoms with Crippen LogP contribution >= 0.6 is 0 Å². The van der Waals surface area contributed by atoms with Crippen molar-refractivity contribution in [1.82, 2.24) is 0 Å². The molecule has 0 heterocycles.